The van der Waals surface area contributed by atoms with E-state index in [4.69, 9.17) is 0 Å². The lowest BCUT2D eigenvalue weighted by Crippen LogP contribution is -2.48. The standard InChI is InChI=1S/C8H17N3O2.C4H10.3H2/c1-4-7(12)5-9-8(13)11-10-6(2)3;1-4(2)3;;;/h6,10H,4-5H2,1-3H3,(H2,9,11,13);4H,1-3H3;3*1H. The van der Waals surface area contributed by atoms with Crippen molar-refractivity contribution < 1.29 is 13.9 Å². The highest BCUT2D eigenvalue weighted by atomic mass is 16.2. The Morgan fingerprint density at radius 2 is 1.59 bits per heavy atom. The maximum absolute atomic E-state index is 10.9. The Bertz CT molecular complexity index is 225. The van der Waals surface area contributed by atoms with Gasteiger partial charge in [0.2, 0.25) is 0 Å². The van der Waals surface area contributed by atoms with Gasteiger partial charge in [-0.05, 0) is 19.8 Å². The summed E-state index contributed by atoms with van der Waals surface area (Å²) in [6.45, 7) is 12.1. The minimum atomic E-state index is -0.379. The van der Waals surface area contributed by atoms with Crippen LogP contribution in [0.4, 0.5) is 4.79 Å². The van der Waals surface area contributed by atoms with Crippen LogP contribution in [0.3, 0.4) is 0 Å². The Morgan fingerprint density at radius 3 is 1.94 bits per heavy atom. The molecule has 0 saturated heterocycles. The lowest BCUT2D eigenvalue weighted by Gasteiger charge is -2.10. The highest BCUT2D eigenvalue weighted by molar-refractivity contribution is 5.84. The summed E-state index contributed by atoms with van der Waals surface area (Å²) in [7, 11) is 0. The normalized spacial score (nSPS) is 9.65. The van der Waals surface area contributed by atoms with E-state index >= 15 is 0 Å². The summed E-state index contributed by atoms with van der Waals surface area (Å²) >= 11 is 0. The first-order valence-corrected chi connectivity index (χ1v) is 6.10. The average Bonchev–Trinajstić information content (AvgIpc) is 2.22. The van der Waals surface area contributed by atoms with E-state index in [1.807, 2.05) is 13.8 Å². The second-order valence-corrected chi connectivity index (χ2v) is 4.73. The van der Waals surface area contributed by atoms with Gasteiger partial charge < -0.3 is 5.32 Å². The molecule has 0 saturated carbocycles. The monoisotopic (exact) mass is 251 g/mol. The maximum Gasteiger partial charge on any atom is 0.329 e. The number of carbonyl (C=O) groups is 2. The minimum absolute atomic E-state index is 0. The Morgan fingerprint density at radius 1 is 1.12 bits per heavy atom. The molecule has 0 atom stereocenters. The van der Waals surface area contributed by atoms with Crippen LogP contribution in [0.1, 0.15) is 52.2 Å². The lowest BCUT2D eigenvalue weighted by atomic mass is 10.3. The Balaban J connectivity index is -0.0000000951. The fourth-order valence-corrected chi connectivity index (χ4v) is 0.558. The molecule has 0 aliphatic carbocycles. The van der Waals surface area contributed by atoms with E-state index in [0.717, 1.165) is 5.92 Å². The lowest BCUT2D eigenvalue weighted by molar-refractivity contribution is -0.117. The van der Waals surface area contributed by atoms with Crippen molar-refractivity contribution in [1.82, 2.24) is 16.2 Å². The zero-order valence-corrected chi connectivity index (χ0v) is 11.9. The number of ketones is 1. The third-order valence-electron chi connectivity index (χ3n) is 1.31. The SMILES string of the molecule is CC(C)C.CCC(=O)CNC(=O)NNC(C)C.[HH].[HH].[HH]. The summed E-state index contributed by atoms with van der Waals surface area (Å²) in [5.74, 6) is 0.847. The van der Waals surface area contributed by atoms with Gasteiger partial charge in [0.25, 0.3) is 0 Å². The molecule has 5 nitrogen and oxygen atoms in total. The van der Waals surface area contributed by atoms with Gasteiger partial charge in [0, 0.05) is 16.7 Å². The molecule has 0 rings (SSSR count). The maximum atomic E-state index is 10.9. The fourth-order valence-electron chi connectivity index (χ4n) is 0.558. The van der Waals surface area contributed by atoms with Crippen LogP contribution in [0.15, 0.2) is 0 Å². The van der Waals surface area contributed by atoms with Crippen molar-refractivity contribution in [3.8, 4) is 0 Å². The van der Waals surface area contributed by atoms with Crippen molar-refractivity contribution in [2.75, 3.05) is 6.54 Å². The third kappa shape index (κ3) is 20.9. The van der Waals surface area contributed by atoms with Crippen molar-refractivity contribution in [1.29, 1.82) is 0 Å². The molecule has 5 heteroatoms. The number of hydrazine groups is 1. The molecule has 0 spiro atoms. The molecule has 17 heavy (non-hydrogen) atoms. The first-order chi connectivity index (χ1) is 7.79. The van der Waals surface area contributed by atoms with E-state index < -0.39 is 0 Å². The number of rotatable bonds is 5. The van der Waals surface area contributed by atoms with Gasteiger partial charge in [0.1, 0.15) is 0 Å². The highest BCUT2D eigenvalue weighted by Crippen LogP contribution is 1.81. The van der Waals surface area contributed by atoms with E-state index in [2.05, 4.69) is 36.9 Å². The van der Waals surface area contributed by atoms with Gasteiger partial charge in [-0.15, -0.1) is 0 Å². The van der Waals surface area contributed by atoms with Crippen LogP contribution in [-0.4, -0.2) is 24.4 Å². The van der Waals surface area contributed by atoms with Crippen molar-refractivity contribution in [2.45, 2.75) is 54.0 Å². The third-order valence-corrected chi connectivity index (χ3v) is 1.31. The summed E-state index contributed by atoms with van der Waals surface area (Å²) in [6, 6.07) is -0.205. The van der Waals surface area contributed by atoms with Gasteiger partial charge in [-0.25, -0.2) is 10.2 Å². The van der Waals surface area contributed by atoms with Gasteiger partial charge in [0.15, 0.2) is 5.78 Å². The quantitative estimate of drug-likeness (QED) is 0.658. The molecule has 0 aromatic heterocycles. The molecule has 0 unspecified atom stereocenters. The van der Waals surface area contributed by atoms with Crippen molar-refractivity contribution >= 4 is 11.8 Å². The summed E-state index contributed by atoms with van der Waals surface area (Å²) in [4.78, 5) is 21.7. The summed E-state index contributed by atoms with van der Waals surface area (Å²) in [6.07, 6.45) is 0.442. The second kappa shape index (κ2) is 11.4. The molecule has 0 aliphatic heterocycles. The number of hydrogen-bond acceptors (Lipinski definition) is 3. The van der Waals surface area contributed by atoms with E-state index in [-0.39, 0.29) is 28.7 Å². The van der Waals surface area contributed by atoms with Crippen LogP contribution < -0.4 is 16.2 Å². The molecule has 108 valence electrons. The van der Waals surface area contributed by atoms with Crippen LogP contribution in [0.2, 0.25) is 0 Å². The molecule has 0 aliphatic rings. The number of hydrogen-bond donors (Lipinski definition) is 3. The number of carbonyl (C=O) groups excluding carboxylic acids is 2. The van der Waals surface area contributed by atoms with E-state index in [0.29, 0.717) is 6.42 Å². The largest absolute Gasteiger partial charge is 0.330 e. The predicted molar refractivity (Wildman–Crippen MR) is 77.0 cm³/mol. The molecule has 0 aromatic rings. The Labute approximate surface area is 109 Å². The second-order valence-electron chi connectivity index (χ2n) is 4.73. The molecule has 0 fully saturated rings. The minimum Gasteiger partial charge on any atom is -0.330 e. The van der Waals surface area contributed by atoms with Crippen LogP contribution in [-0.2, 0) is 4.79 Å². The van der Waals surface area contributed by atoms with Crippen molar-refractivity contribution in [3.63, 3.8) is 0 Å². The molecule has 0 bridgehead atoms. The molecule has 3 N–H and O–H groups in total. The van der Waals surface area contributed by atoms with Crippen molar-refractivity contribution in [3.05, 3.63) is 0 Å². The first kappa shape index (κ1) is 18.3. The molecule has 0 radical (unpaired) electrons. The highest BCUT2D eigenvalue weighted by Gasteiger charge is 2.02. The average molecular weight is 251 g/mol. The van der Waals surface area contributed by atoms with Crippen LogP contribution in [0.5, 0.6) is 0 Å². The number of Topliss-reactive ketones (excluding diaryl/α,β-unsaturated/α-hetero) is 1. The van der Waals surface area contributed by atoms with Crippen LogP contribution >= 0.6 is 0 Å². The van der Waals surface area contributed by atoms with Gasteiger partial charge >= 0.3 is 6.03 Å². The van der Waals surface area contributed by atoms with Gasteiger partial charge in [-0.1, -0.05) is 27.7 Å². The van der Waals surface area contributed by atoms with Crippen LogP contribution in [0, 0.1) is 5.92 Å². The topological polar surface area (TPSA) is 70.2 Å². The molecular weight excluding hydrogens is 218 g/mol. The fraction of sp³-hybridized carbons (Fsp3) is 0.833. The number of urea groups is 1. The zero-order chi connectivity index (χ0) is 13.8. The van der Waals surface area contributed by atoms with E-state index in [1.54, 1.807) is 6.92 Å². The number of amides is 2. The van der Waals surface area contributed by atoms with Gasteiger partial charge in [0.05, 0.1) is 6.54 Å². The zero-order valence-electron chi connectivity index (χ0n) is 11.9. The summed E-state index contributed by atoms with van der Waals surface area (Å²) in [5.41, 5.74) is 5.12. The van der Waals surface area contributed by atoms with E-state index in [1.165, 1.54) is 0 Å². The predicted octanol–water partition coefficient (Wildman–Crippen LogP) is 2.58. The smallest absolute Gasteiger partial charge is 0.329 e. The number of nitrogens with one attached hydrogen (secondary N) is 3. The van der Waals surface area contributed by atoms with Gasteiger partial charge in [-0.2, -0.15) is 0 Å². The molecule has 2 amide bonds. The summed E-state index contributed by atoms with van der Waals surface area (Å²) in [5, 5.41) is 2.43. The van der Waals surface area contributed by atoms with Gasteiger partial charge in [-0.3, -0.25) is 10.2 Å². The summed E-state index contributed by atoms with van der Waals surface area (Å²) < 4.78 is 0. The molecule has 0 heterocycles. The Hall–Kier alpha value is -1.10. The Kier molecular flexibility index (Phi) is 12.2. The molecule has 0 aromatic carbocycles. The first-order valence-electron chi connectivity index (χ1n) is 6.10. The van der Waals surface area contributed by atoms with Crippen LogP contribution in [0.25, 0.3) is 0 Å². The molecular formula is C12H33N3O2. The van der Waals surface area contributed by atoms with Crippen molar-refractivity contribution in [2.24, 2.45) is 5.92 Å². The van der Waals surface area contributed by atoms with E-state index in [9.17, 15) is 9.59 Å².